The van der Waals surface area contributed by atoms with E-state index in [1.54, 1.807) is 0 Å². The Hall–Kier alpha value is -1.92. The van der Waals surface area contributed by atoms with E-state index in [4.69, 9.17) is 0 Å². The van der Waals surface area contributed by atoms with E-state index in [0.29, 0.717) is 12.3 Å². The Labute approximate surface area is 129 Å². The van der Waals surface area contributed by atoms with Gasteiger partial charge in [-0.25, -0.2) is 17.6 Å². The lowest BCUT2D eigenvalue weighted by Gasteiger charge is -2.27. The summed E-state index contributed by atoms with van der Waals surface area (Å²) in [5, 5.41) is 0. The molecule has 2 bridgehead atoms. The first-order chi connectivity index (χ1) is 10.9. The van der Waals surface area contributed by atoms with Gasteiger partial charge in [0.2, 0.25) is 0 Å². The summed E-state index contributed by atoms with van der Waals surface area (Å²) in [6, 6.07) is -0.445. The predicted molar refractivity (Wildman–Crippen MR) is 70.6 cm³/mol. The number of fused-ring (bicyclic) bond motifs is 3. The van der Waals surface area contributed by atoms with Crippen molar-refractivity contribution in [2.45, 2.75) is 38.1 Å². The van der Waals surface area contributed by atoms with E-state index in [0.717, 1.165) is 30.6 Å². The van der Waals surface area contributed by atoms with Crippen LogP contribution in [-0.2, 0) is 0 Å². The fourth-order valence-corrected chi connectivity index (χ4v) is 4.41. The molecule has 0 N–H and O–H groups in total. The Morgan fingerprint density at radius 2 is 1.35 bits per heavy atom. The average molecular weight is 327 g/mol. The molecular formula is C16H13F4NO2. The van der Waals surface area contributed by atoms with E-state index in [2.05, 4.69) is 0 Å². The van der Waals surface area contributed by atoms with E-state index < -0.39 is 52.3 Å². The maximum Gasteiger partial charge on any atom is 0.265 e. The second-order valence-electron chi connectivity index (χ2n) is 6.58. The third-order valence-electron chi connectivity index (χ3n) is 5.41. The van der Waals surface area contributed by atoms with Crippen LogP contribution in [0.2, 0.25) is 0 Å². The lowest BCUT2D eigenvalue weighted by Crippen LogP contribution is -2.42. The SMILES string of the molecule is O=C1c2c(F)c(F)c(F)c(F)c2C(=O)N1C1CC2CCCC1C2. The zero-order valence-corrected chi connectivity index (χ0v) is 12.0. The maximum atomic E-state index is 13.9. The third-order valence-corrected chi connectivity index (χ3v) is 5.41. The van der Waals surface area contributed by atoms with Gasteiger partial charge in [0.05, 0.1) is 11.1 Å². The highest BCUT2D eigenvalue weighted by atomic mass is 19.2. The van der Waals surface area contributed by atoms with Crippen molar-refractivity contribution >= 4 is 11.8 Å². The maximum absolute atomic E-state index is 13.9. The first kappa shape index (κ1) is 14.7. The van der Waals surface area contributed by atoms with Crippen LogP contribution in [0.3, 0.4) is 0 Å². The van der Waals surface area contributed by atoms with Crippen LogP contribution in [0.1, 0.15) is 52.8 Å². The molecule has 2 amide bonds. The number of rotatable bonds is 1. The van der Waals surface area contributed by atoms with Crippen LogP contribution >= 0.6 is 0 Å². The molecule has 1 aromatic rings. The summed E-state index contributed by atoms with van der Waals surface area (Å²) in [4.78, 5) is 25.7. The minimum absolute atomic E-state index is 0.0942. The standard InChI is InChI=1S/C16H13F4NO2/c17-11-9-10(12(18)14(20)13(11)19)16(23)21(15(9)22)8-5-6-2-1-3-7(8)4-6/h6-8H,1-5H2. The van der Waals surface area contributed by atoms with Crippen LogP contribution in [0.4, 0.5) is 17.6 Å². The summed E-state index contributed by atoms with van der Waals surface area (Å²) in [5.41, 5.74) is -1.96. The summed E-state index contributed by atoms with van der Waals surface area (Å²) < 4.78 is 54.6. The van der Waals surface area contributed by atoms with Gasteiger partial charge in [-0.15, -0.1) is 0 Å². The molecule has 0 saturated heterocycles. The lowest BCUT2D eigenvalue weighted by atomic mass is 9.88. The molecule has 3 aliphatic rings. The zero-order chi connectivity index (χ0) is 16.5. The van der Waals surface area contributed by atoms with Crippen molar-refractivity contribution in [1.29, 1.82) is 0 Å². The minimum atomic E-state index is -2.06. The van der Waals surface area contributed by atoms with Crippen LogP contribution in [0.15, 0.2) is 0 Å². The lowest BCUT2D eigenvalue weighted by molar-refractivity contribution is 0.0543. The molecule has 1 heterocycles. The molecule has 1 aliphatic heterocycles. The van der Waals surface area contributed by atoms with E-state index in [1.807, 2.05) is 0 Å². The molecule has 7 heteroatoms. The fraction of sp³-hybridized carbons (Fsp3) is 0.500. The average Bonchev–Trinajstić information content (AvgIpc) is 2.96. The molecule has 4 rings (SSSR count). The molecule has 0 radical (unpaired) electrons. The monoisotopic (exact) mass is 327 g/mol. The first-order valence-corrected chi connectivity index (χ1v) is 7.65. The molecule has 3 unspecified atom stereocenters. The number of hydrogen-bond acceptors (Lipinski definition) is 2. The Kier molecular flexibility index (Phi) is 3.05. The van der Waals surface area contributed by atoms with Crippen molar-refractivity contribution in [2.75, 3.05) is 0 Å². The largest absolute Gasteiger partial charge is 0.271 e. The summed E-state index contributed by atoms with van der Waals surface area (Å²) >= 11 is 0. The van der Waals surface area contributed by atoms with Gasteiger partial charge in [0, 0.05) is 6.04 Å². The number of nitrogens with zero attached hydrogens (tertiary/aromatic N) is 1. The van der Waals surface area contributed by atoms with Crippen LogP contribution in [0.5, 0.6) is 0 Å². The molecular weight excluding hydrogens is 314 g/mol. The molecule has 0 aromatic heterocycles. The van der Waals surface area contributed by atoms with Crippen LogP contribution in [0, 0.1) is 35.1 Å². The van der Waals surface area contributed by atoms with Gasteiger partial charge in [0.1, 0.15) is 0 Å². The molecule has 3 nitrogen and oxygen atoms in total. The van der Waals surface area contributed by atoms with Crippen molar-refractivity contribution in [1.82, 2.24) is 4.90 Å². The molecule has 2 aliphatic carbocycles. The van der Waals surface area contributed by atoms with Crippen LogP contribution in [0.25, 0.3) is 0 Å². The molecule has 23 heavy (non-hydrogen) atoms. The van der Waals surface area contributed by atoms with Crippen molar-refractivity contribution in [2.24, 2.45) is 11.8 Å². The molecule has 0 spiro atoms. The summed E-state index contributed by atoms with van der Waals surface area (Å²) in [7, 11) is 0. The van der Waals surface area contributed by atoms with Crippen molar-refractivity contribution in [3.05, 3.63) is 34.4 Å². The highest BCUT2D eigenvalue weighted by Gasteiger charge is 2.51. The van der Waals surface area contributed by atoms with E-state index in [9.17, 15) is 27.2 Å². The van der Waals surface area contributed by atoms with Gasteiger partial charge in [0.15, 0.2) is 23.3 Å². The fourth-order valence-electron chi connectivity index (χ4n) is 4.41. The number of amides is 2. The number of halogens is 4. The Morgan fingerprint density at radius 1 is 0.783 bits per heavy atom. The topological polar surface area (TPSA) is 37.4 Å². The second-order valence-corrected chi connectivity index (χ2v) is 6.58. The summed E-state index contributed by atoms with van der Waals surface area (Å²) in [6.45, 7) is 0. The van der Waals surface area contributed by atoms with Gasteiger partial charge >= 0.3 is 0 Å². The van der Waals surface area contributed by atoms with E-state index in [-0.39, 0.29) is 5.92 Å². The number of imide groups is 1. The zero-order valence-electron chi connectivity index (χ0n) is 12.0. The molecule has 122 valence electrons. The van der Waals surface area contributed by atoms with Gasteiger partial charge in [-0.3, -0.25) is 14.5 Å². The number of benzene rings is 1. The van der Waals surface area contributed by atoms with E-state index in [1.165, 1.54) is 0 Å². The van der Waals surface area contributed by atoms with Crippen LogP contribution < -0.4 is 0 Å². The number of carbonyl (C=O) groups excluding carboxylic acids is 2. The summed E-state index contributed by atoms with van der Waals surface area (Å²) in [6.07, 6.45) is 4.28. The third kappa shape index (κ3) is 1.82. The minimum Gasteiger partial charge on any atom is -0.271 e. The first-order valence-electron chi connectivity index (χ1n) is 7.65. The van der Waals surface area contributed by atoms with Gasteiger partial charge in [-0.05, 0) is 31.1 Å². The molecule has 1 aromatic carbocycles. The number of hydrogen-bond donors (Lipinski definition) is 0. The second kappa shape index (κ2) is 4.79. The Morgan fingerprint density at radius 3 is 1.87 bits per heavy atom. The predicted octanol–water partition coefficient (Wildman–Crippen LogP) is 3.42. The van der Waals surface area contributed by atoms with Crippen molar-refractivity contribution in [3.8, 4) is 0 Å². The molecule has 2 fully saturated rings. The van der Waals surface area contributed by atoms with E-state index >= 15 is 0 Å². The normalized spacial score (nSPS) is 29.4. The van der Waals surface area contributed by atoms with Crippen molar-refractivity contribution in [3.63, 3.8) is 0 Å². The van der Waals surface area contributed by atoms with Crippen molar-refractivity contribution < 1.29 is 27.2 Å². The van der Waals surface area contributed by atoms with Gasteiger partial charge in [0.25, 0.3) is 11.8 Å². The number of carbonyl (C=O) groups is 2. The summed E-state index contributed by atoms with van der Waals surface area (Å²) in [5.74, 6) is -9.34. The quantitative estimate of drug-likeness (QED) is 0.343. The smallest absolute Gasteiger partial charge is 0.265 e. The molecule has 3 atom stereocenters. The van der Waals surface area contributed by atoms with Gasteiger partial charge in [-0.1, -0.05) is 12.8 Å². The van der Waals surface area contributed by atoms with Crippen LogP contribution in [-0.4, -0.2) is 22.8 Å². The molecule has 2 saturated carbocycles. The highest BCUT2D eigenvalue weighted by Crippen LogP contribution is 2.46. The van der Waals surface area contributed by atoms with Gasteiger partial charge < -0.3 is 0 Å². The Balaban J connectivity index is 1.82. The highest BCUT2D eigenvalue weighted by molar-refractivity contribution is 6.21. The Bertz CT molecular complexity index is 701. The van der Waals surface area contributed by atoms with Gasteiger partial charge in [-0.2, -0.15) is 0 Å².